The highest BCUT2D eigenvalue weighted by Crippen LogP contribution is 2.52. The van der Waals surface area contributed by atoms with E-state index in [4.69, 9.17) is 4.74 Å². The smallest absolute Gasteiger partial charge is 0.308 e. The number of carbonyl (C=O) groups is 1. The molecule has 0 unspecified atom stereocenters. The number of halogens is 1. The van der Waals surface area contributed by atoms with Crippen LogP contribution in [0.3, 0.4) is 0 Å². The van der Waals surface area contributed by atoms with Gasteiger partial charge >= 0.3 is 5.97 Å². The molecule has 0 spiro atoms. The molecular weight excluding hydrogens is 310 g/mol. The summed E-state index contributed by atoms with van der Waals surface area (Å²) in [5.74, 6) is 1.15. The van der Waals surface area contributed by atoms with Gasteiger partial charge in [-0.1, -0.05) is 26.3 Å². The normalized spacial score (nSPS) is 29.4. The summed E-state index contributed by atoms with van der Waals surface area (Å²) in [5.41, 5.74) is 3.12. The summed E-state index contributed by atoms with van der Waals surface area (Å²) in [4.78, 5) is 13.8. The van der Waals surface area contributed by atoms with Gasteiger partial charge < -0.3 is 9.64 Å². The zero-order valence-electron chi connectivity index (χ0n) is 14.6. The second-order valence-electron chi connectivity index (χ2n) is 6.94. The molecule has 1 heterocycles. The number of likely N-dealkylation sites (tertiary alicyclic amines) is 1. The maximum Gasteiger partial charge on any atom is 0.308 e. The van der Waals surface area contributed by atoms with Crippen LogP contribution in [0.15, 0.2) is 18.2 Å². The first-order chi connectivity index (χ1) is 10.5. The molecule has 0 N–H and O–H groups in total. The van der Waals surface area contributed by atoms with Gasteiger partial charge in [-0.2, -0.15) is 0 Å². The molecule has 1 aliphatic carbocycles. The summed E-state index contributed by atoms with van der Waals surface area (Å²) >= 11 is 0. The number of likely N-dealkylation sites (N-methyl/N-ethyl adjacent to an activating group) is 1. The Morgan fingerprint density at radius 2 is 2.13 bits per heavy atom. The molecule has 23 heavy (non-hydrogen) atoms. The molecule has 1 aromatic carbocycles. The van der Waals surface area contributed by atoms with E-state index >= 15 is 0 Å². The predicted octanol–water partition coefficient (Wildman–Crippen LogP) is 3.97. The van der Waals surface area contributed by atoms with E-state index in [-0.39, 0.29) is 23.8 Å². The van der Waals surface area contributed by atoms with E-state index in [0.717, 1.165) is 19.4 Å². The molecule has 2 bridgehead atoms. The second-order valence-corrected chi connectivity index (χ2v) is 6.94. The van der Waals surface area contributed by atoms with Crippen molar-refractivity contribution < 1.29 is 9.53 Å². The molecule has 2 aliphatic rings. The van der Waals surface area contributed by atoms with Crippen LogP contribution in [0.5, 0.6) is 5.75 Å². The maximum absolute atomic E-state index is 11.3. The topological polar surface area (TPSA) is 29.5 Å². The van der Waals surface area contributed by atoms with Crippen molar-refractivity contribution >= 4 is 18.4 Å². The number of fused-ring (bicyclic) bond motifs is 4. The third-order valence-electron chi connectivity index (χ3n) is 6.03. The molecule has 1 fully saturated rings. The van der Waals surface area contributed by atoms with Gasteiger partial charge in [0, 0.05) is 18.4 Å². The minimum absolute atomic E-state index is 0. The Hall–Kier alpha value is -1.06. The molecule has 3 nitrogen and oxygen atoms in total. The first kappa shape index (κ1) is 18.3. The van der Waals surface area contributed by atoms with Gasteiger partial charge in [-0.15, -0.1) is 12.4 Å². The number of rotatable bonds is 3. The Kier molecular flexibility index (Phi) is 5.42. The summed E-state index contributed by atoms with van der Waals surface area (Å²) in [6, 6.07) is 6.91. The van der Waals surface area contributed by atoms with Crippen LogP contribution in [0, 0.1) is 5.92 Å². The van der Waals surface area contributed by atoms with Crippen LogP contribution in [-0.2, 0) is 16.6 Å². The van der Waals surface area contributed by atoms with Crippen LogP contribution in [0.4, 0.5) is 0 Å². The molecule has 1 aromatic rings. The van der Waals surface area contributed by atoms with Gasteiger partial charge in [-0.05, 0) is 62.0 Å². The molecule has 3 rings (SSSR count). The second kappa shape index (κ2) is 6.82. The lowest BCUT2D eigenvalue weighted by Gasteiger charge is -2.56. The number of carbonyl (C=O) groups excluding carboxylic acids is 1. The molecule has 3 atom stereocenters. The quantitative estimate of drug-likeness (QED) is 0.617. The number of benzene rings is 1. The number of piperidine rings is 1. The van der Waals surface area contributed by atoms with Crippen LogP contribution in [0.1, 0.15) is 51.2 Å². The number of ether oxygens (including phenoxy) is 1. The summed E-state index contributed by atoms with van der Waals surface area (Å²) in [5, 5.41) is 0. The Bertz CT molecular complexity index is 589. The zero-order chi connectivity index (χ0) is 15.9. The average molecular weight is 338 g/mol. The van der Waals surface area contributed by atoms with Gasteiger partial charge in [-0.25, -0.2) is 0 Å². The predicted molar refractivity (Wildman–Crippen MR) is 95.5 cm³/mol. The molecule has 4 heteroatoms. The zero-order valence-corrected chi connectivity index (χ0v) is 15.4. The number of esters is 1. The van der Waals surface area contributed by atoms with Crippen molar-refractivity contribution in [1.29, 1.82) is 0 Å². The van der Waals surface area contributed by atoms with Crippen LogP contribution in [0.25, 0.3) is 0 Å². The van der Waals surface area contributed by atoms with E-state index in [1.807, 2.05) is 6.07 Å². The minimum Gasteiger partial charge on any atom is -0.427 e. The fourth-order valence-corrected chi connectivity index (χ4v) is 4.98. The monoisotopic (exact) mass is 337 g/mol. The summed E-state index contributed by atoms with van der Waals surface area (Å²) in [6.07, 6.45) is 4.68. The lowest BCUT2D eigenvalue weighted by Crippen LogP contribution is -2.58. The SMILES string of the molecule is CC[C@H]1[C@@H]2Cc3ccc(OC(C)=O)cc3[C@]1(CC)CCN2C.Cl. The molecule has 128 valence electrons. The molecule has 1 saturated heterocycles. The fourth-order valence-electron chi connectivity index (χ4n) is 4.98. The largest absolute Gasteiger partial charge is 0.427 e. The van der Waals surface area contributed by atoms with Crippen molar-refractivity contribution in [2.45, 2.75) is 57.9 Å². The van der Waals surface area contributed by atoms with Crippen molar-refractivity contribution in [1.82, 2.24) is 4.90 Å². The lowest BCUT2D eigenvalue weighted by atomic mass is 9.55. The average Bonchev–Trinajstić information content (AvgIpc) is 2.50. The number of hydrogen-bond donors (Lipinski definition) is 0. The Balaban J connectivity index is 0.00000192. The maximum atomic E-state index is 11.3. The molecule has 0 saturated carbocycles. The molecule has 0 aromatic heterocycles. The first-order valence-corrected chi connectivity index (χ1v) is 8.54. The van der Waals surface area contributed by atoms with Crippen molar-refractivity contribution in [2.75, 3.05) is 13.6 Å². The van der Waals surface area contributed by atoms with Crippen molar-refractivity contribution in [2.24, 2.45) is 5.92 Å². The highest BCUT2D eigenvalue weighted by molar-refractivity contribution is 5.85. The van der Waals surface area contributed by atoms with Crippen LogP contribution in [0.2, 0.25) is 0 Å². The Morgan fingerprint density at radius 3 is 2.74 bits per heavy atom. The molecule has 1 aliphatic heterocycles. The van der Waals surface area contributed by atoms with Crippen LogP contribution in [-0.4, -0.2) is 30.5 Å². The van der Waals surface area contributed by atoms with Crippen LogP contribution < -0.4 is 4.74 Å². The standard InChI is InChI=1S/C19H27NO2.ClH/c1-5-16-18-11-14-7-8-15(22-13(3)21)12-17(14)19(16,6-2)9-10-20(18)4;/h7-8,12,16,18H,5-6,9-11H2,1-4H3;1H/t16-,18-,19+;/m0./s1. The fraction of sp³-hybridized carbons (Fsp3) is 0.632. The van der Waals surface area contributed by atoms with Gasteiger partial charge in [-0.3, -0.25) is 4.79 Å². The van der Waals surface area contributed by atoms with Gasteiger partial charge in [0.15, 0.2) is 0 Å². The van der Waals surface area contributed by atoms with E-state index in [1.165, 1.54) is 30.9 Å². The van der Waals surface area contributed by atoms with Crippen LogP contribution >= 0.6 is 12.4 Å². The van der Waals surface area contributed by atoms with Crippen molar-refractivity contribution in [3.63, 3.8) is 0 Å². The summed E-state index contributed by atoms with van der Waals surface area (Å²) in [7, 11) is 2.27. The van der Waals surface area contributed by atoms with E-state index < -0.39 is 0 Å². The van der Waals surface area contributed by atoms with Gasteiger partial charge in [0.2, 0.25) is 0 Å². The third kappa shape index (κ3) is 2.89. The lowest BCUT2D eigenvalue weighted by molar-refractivity contribution is -0.131. The highest BCUT2D eigenvalue weighted by Gasteiger charge is 2.50. The molecule has 0 amide bonds. The summed E-state index contributed by atoms with van der Waals surface area (Å²) in [6.45, 7) is 7.27. The molecular formula is C19H28ClNO2. The van der Waals surface area contributed by atoms with Crippen molar-refractivity contribution in [3.05, 3.63) is 29.3 Å². The summed E-state index contributed by atoms with van der Waals surface area (Å²) < 4.78 is 5.35. The van der Waals surface area contributed by atoms with E-state index in [0.29, 0.717) is 17.7 Å². The number of nitrogens with zero attached hydrogens (tertiary/aromatic N) is 1. The van der Waals surface area contributed by atoms with Crippen molar-refractivity contribution in [3.8, 4) is 5.75 Å². The van der Waals surface area contributed by atoms with E-state index in [2.05, 4.69) is 37.9 Å². The first-order valence-electron chi connectivity index (χ1n) is 8.54. The Labute approximate surface area is 145 Å². The van der Waals surface area contributed by atoms with E-state index in [1.54, 1.807) is 0 Å². The number of hydrogen-bond acceptors (Lipinski definition) is 3. The minimum atomic E-state index is -0.241. The Morgan fingerprint density at radius 1 is 1.39 bits per heavy atom. The van der Waals surface area contributed by atoms with Gasteiger partial charge in [0.25, 0.3) is 0 Å². The molecule has 0 radical (unpaired) electrons. The van der Waals surface area contributed by atoms with Gasteiger partial charge in [0.05, 0.1) is 0 Å². The third-order valence-corrected chi connectivity index (χ3v) is 6.03. The highest BCUT2D eigenvalue weighted by atomic mass is 35.5. The van der Waals surface area contributed by atoms with E-state index in [9.17, 15) is 4.79 Å². The van der Waals surface area contributed by atoms with Gasteiger partial charge in [0.1, 0.15) is 5.75 Å².